The number of fused-ring (bicyclic) bond motifs is 1. The molecule has 1 aromatic carbocycles. The lowest BCUT2D eigenvalue weighted by Gasteiger charge is -2.26. The van der Waals surface area contributed by atoms with Gasteiger partial charge in [0.2, 0.25) is 5.91 Å². The Morgan fingerprint density at radius 3 is 2.61 bits per heavy atom. The van der Waals surface area contributed by atoms with E-state index in [0.29, 0.717) is 52.9 Å². The summed E-state index contributed by atoms with van der Waals surface area (Å²) in [6.07, 6.45) is 8.31. The van der Waals surface area contributed by atoms with Gasteiger partial charge in [-0.15, -0.1) is 0 Å². The summed E-state index contributed by atoms with van der Waals surface area (Å²) in [4.78, 5) is 37.0. The molecule has 2 fully saturated rings. The van der Waals surface area contributed by atoms with Crippen molar-refractivity contribution in [3.63, 3.8) is 0 Å². The van der Waals surface area contributed by atoms with E-state index in [1.807, 2.05) is 12.1 Å². The molecule has 6 rings (SSSR count). The topological polar surface area (TPSA) is 109 Å². The third-order valence-corrected chi connectivity index (χ3v) is 7.38. The number of hydrogen-bond acceptors (Lipinski definition) is 6. The Morgan fingerprint density at radius 2 is 1.89 bits per heavy atom. The minimum Gasteiger partial charge on any atom is -0.380 e. The maximum absolute atomic E-state index is 15.3. The number of ether oxygens (including phenoxy) is 1. The van der Waals surface area contributed by atoms with Gasteiger partial charge in [-0.3, -0.25) is 9.59 Å². The zero-order valence-electron chi connectivity index (χ0n) is 20.8. The van der Waals surface area contributed by atoms with E-state index in [1.165, 1.54) is 12.3 Å². The molecule has 38 heavy (non-hydrogen) atoms. The van der Waals surface area contributed by atoms with Crippen molar-refractivity contribution < 1.29 is 13.9 Å². The number of aromatic nitrogens is 3. The van der Waals surface area contributed by atoms with Crippen LogP contribution in [0.4, 0.5) is 21.6 Å². The summed E-state index contributed by atoms with van der Waals surface area (Å²) < 4.78 is 20.6. The van der Waals surface area contributed by atoms with E-state index < -0.39 is 5.82 Å². The van der Waals surface area contributed by atoms with Crippen LogP contribution in [0.3, 0.4) is 0 Å². The molecule has 3 N–H and O–H groups in total. The quantitative estimate of drug-likeness (QED) is 0.314. The first kappa shape index (κ1) is 24.2. The molecule has 0 spiro atoms. The fourth-order valence-electron chi connectivity index (χ4n) is 5.13. The van der Waals surface area contributed by atoms with Crippen molar-refractivity contribution >= 4 is 34.0 Å². The molecule has 4 heterocycles. The van der Waals surface area contributed by atoms with Crippen molar-refractivity contribution in [1.29, 1.82) is 0 Å². The van der Waals surface area contributed by atoms with E-state index in [4.69, 9.17) is 4.74 Å². The summed E-state index contributed by atoms with van der Waals surface area (Å²) in [5.41, 5.74) is 2.71. The van der Waals surface area contributed by atoms with Crippen molar-refractivity contribution in [2.75, 3.05) is 23.8 Å². The predicted octanol–water partition coefficient (Wildman–Crippen LogP) is 5.50. The molecule has 1 saturated carbocycles. The summed E-state index contributed by atoms with van der Waals surface area (Å²) in [6, 6.07) is 11.8. The van der Waals surface area contributed by atoms with Gasteiger partial charge in [-0.1, -0.05) is 25.3 Å². The zero-order valence-corrected chi connectivity index (χ0v) is 20.8. The molecule has 8 nitrogen and oxygen atoms in total. The molecule has 194 valence electrons. The highest BCUT2D eigenvalue weighted by Crippen LogP contribution is 2.32. The number of pyridine rings is 3. The fraction of sp³-hybridized carbons (Fsp3) is 0.310. The highest BCUT2D eigenvalue weighted by atomic mass is 19.1. The number of benzene rings is 1. The van der Waals surface area contributed by atoms with E-state index in [1.54, 1.807) is 30.5 Å². The van der Waals surface area contributed by atoms with Crippen LogP contribution in [-0.4, -0.2) is 34.1 Å². The van der Waals surface area contributed by atoms with Crippen LogP contribution in [0, 0.1) is 11.7 Å². The van der Waals surface area contributed by atoms with Crippen LogP contribution in [0.5, 0.6) is 0 Å². The van der Waals surface area contributed by atoms with Crippen molar-refractivity contribution in [1.82, 2.24) is 15.0 Å². The lowest BCUT2D eigenvalue weighted by atomic mass is 9.88. The van der Waals surface area contributed by atoms with Crippen LogP contribution < -0.4 is 16.2 Å². The predicted molar refractivity (Wildman–Crippen MR) is 144 cm³/mol. The first-order valence-electron chi connectivity index (χ1n) is 13.0. The fourth-order valence-corrected chi connectivity index (χ4v) is 5.13. The van der Waals surface area contributed by atoms with Gasteiger partial charge in [-0.05, 0) is 54.8 Å². The third kappa shape index (κ3) is 4.89. The highest BCUT2D eigenvalue weighted by molar-refractivity contribution is 5.95. The van der Waals surface area contributed by atoms with Crippen LogP contribution in [-0.2, 0) is 9.53 Å². The minimum atomic E-state index is -0.515. The Hall–Kier alpha value is -4.11. The molecule has 1 aliphatic heterocycles. The Kier molecular flexibility index (Phi) is 6.59. The number of rotatable bonds is 6. The first-order valence-corrected chi connectivity index (χ1v) is 13.0. The molecule has 0 unspecified atom stereocenters. The summed E-state index contributed by atoms with van der Waals surface area (Å²) >= 11 is 0. The SMILES string of the molecule is O=C(Nc1ccc(-c2cc(Nc3ccc(C4COC4)cn3)c3c(=O)[nH]ccc3n2)c(F)c1)C1CCCCC1. The summed E-state index contributed by atoms with van der Waals surface area (Å²) in [6.45, 7) is 1.38. The van der Waals surface area contributed by atoms with Gasteiger partial charge < -0.3 is 20.4 Å². The number of halogens is 1. The van der Waals surface area contributed by atoms with E-state index in [0.717, 1.165) is 37.7 Å². The van der Waals surface area contributed by atoms with Crippen LogP contribution in [0.1, 0.15) is 43.6 Å². The Labute approximate surface area is 218 Å². The van der Waals surface area contributed by atoms with Crippen molar-refractivity contribution in [3.05, 3.63) is 76.6 Å². The van der Waals surface area contributed by atoms with Gasteiger partial charge in [0, 0.05) is 35.5 Å². The van der Waals surface area contributed by atoms with Crippen molar-refractivity contribution in [3.8, 4) is 11.3 Å². The molecule has 0 radical (unpaired) electrons. The van der Waals surface area contributed by atoms with E-state index in [9.17, 15) is 9.59 Å². The van der Waals surface area contributed by atoms with Crippen LogP contribution in [0.15, 0.2) is 59.7 Å². The second kappa shape index (κ2) is 10.3. The summed E-state index contributed by atoms with van der Waals surface area (Å²) in [5, 5.41) is 6.42. The van der Waals surface area contributed by atoms with Crippen LogP contribution >= 0.6 is 0 Å². The number of anilines is 3. The molecule has 1 aliphatic carbocycles. The molecule has 3 aromatic heterocycles. The standard InChI is InChI=1S/C29H28FN5O3/c30-22-12-20(33-28(36)17-4-2-1-3-5-17)7-8-21(22)24-13-25(27-23(34-24)10-11-31-29(27)37)35-26-9-6-18(14-32-26)19-15-38-16-19/h6-14,17,19H,1-5,15-16H2,(H,31,37)(H,33,36)(H,32,34,35). The molecular weight excluding hydrogens is 485 g/mol. The second-order valence-electron chi connectivity index (χ2n) is 9.98. The lowest BCUT2D eigenvalue weighted by Crippen LogP contribution is -2.25. The highest BCUT2D eigenvalue weighted by Gasteiger charge is 2.22. The van der Waals surface area contributed by atoms with Crippen LogP contribution in [0.25, 0.3) is 22.2 Å². The first-order chi connectivity index (χ1) is 18.5. The van der Waals surface area contributed by atoms with E-state index >= 15 is 4.39 Å². The van der Waals surface area contributed by atoms with Crippen LogP contribution in [0.2, 0.25) is 0 Å². The number of carbonyl (C=O) groups is 1. The van der Waals surface area contributed by atoms with Gasteiger partial charge in [-0.25, -0.2) is 14.4 Å². The molecule has 0 atom stereocenters. The molecule has 4 aromatic rings. The van der Waals surface area contributed by atoms with Gasteiger partial charge in [0.1, 0.15) is 11.6 Å². The van der Waals surface area contributed by atoms with Gasteiger partial charge in [-0.2, -0.15) is 0 Å². The number of nitrogens with one attached hydrogen (secondary N) is 3. The molecule has 1 saturated heterocycles. The van der Waals surface area contributed by atoms with Crippen molar-refractivity contribution in [2.24, 2.45) is 5.92 Å². The second-order valence-corrected chi connectivity index (χ2v) is 9.98. The van der Waals surface area contributed by atoms with E-state index in [-0.39, 0.29) is 22.9 Å². The van der Waals surface area contributed by atoms with Gasteiger partial charge in [0.25, 0.3) is 5.56 Å². The smallest absolute Gasteiger partial charge is 0.259 e. The lowest BCUT2D eigenvalue weighted by molar-refractivity contribution is -0.120. The maximum atomic E-state index is 15.3. The van der Waals surface area contributed by atoms with Gasteiger partial charge >= 0.3 is 0 Å². The summed E-state index contributed by atoms with van der Waals surface area (Å²) in [5.74, 6) is 0.308. The molecule has 9 heteroatoms. The van der Waals surface area contributed by atoms with Crippen molar-refractivity contribution in [2.45, 2.75) is 38.0 Å². The Morgan fingerprint density at radius 1 is 1.05 bits per heavy atom. The normalized spacial score (nSPS) is 16.2. The average Bonchev–Trinajstić information content (AvgIpc) is 2.89. The number of nitrogens with zero attached hydrogens (tertiary/aromatic N) is 2. The monoisotopic (exact) mass is 513 g/mol. The molecule has 2 aliphatic rings. The Balaban J connectivity index is 1.30. The van der Waals surface area contributed by atoms with E-state index in [2.05, 4.69) is 25.6 Å². The number of hydrogen-bond donors (Lipinski definition) is 3. The number of amides is 1. The largest absolute Gasteiger partial charge is 0.380 e. The molecule has 0 bridgehead atoms. The third-order valence-electron chi connectivity index (χ3n) is 7.38. The number of aromatic amines is 1. The van der Waals surface area contributed by atoms with Gasteiger partial charge in [0.15, 0.2) is 0 Å². The zero-order chi connectivity index (χ0) is 26.1. The average molecular weight is 514 g/mol. The number of carbonyl (C=O) groups excluding carboxylic acids is 1. The summed E-state index contributed by atoms with van der Waals surface area (Å²) in [7, 11) is 0. The van der Waals surface area contributed by atoms with Gasteiger partial charge in [0.05, 0.1) is 35.5 Å². The number of H-pyrrole nitrogens is 1. The molecule has 1 amide bonds. The maximum Gasteiger partial charge on any atom is 0.259 e. The minimum absolute atomic E-state index is 0.0231. The molecular formula is C29H28FN5O3. The Bertz CT molecular complexity index is 1540.